The molecular formula is C17H20FN. The second-order valence-electron chi connectivity index (χ2n) is 5.08. The van der Waals surface area contributed by atoms with Crippen LogP contribution in [0.4, 0.5) is 4.39 Å². The van der Waals surface area contributed by atoms with E-state index in [4.69, 9.17) is 5.73 Å². The van der Waals surface area contributed by atoms with Crippen molar-refractivity contribution in [3.8, 4) is 11.1 Å². The molecule has 1 atom stereocenters. The molecule has 0 bridgehead atoms. The van der Waals surface area contributed by atoms with Crippen LogP contribution in [-0.2, 0) is 0 Å². The number of benzene rings is 2. The Bertz CT molecular complexity index is 567. The number of halogens is 1. The summed E-state index contributed by atoms with van der Waals surface area (Å²) in [6.45, 7) is 5.90. The van der Waals surface area contributed by atoms with E-state index in [1.165, 1.54) is 0 Å². The van der Waals surface area contributed by atoms with Gasteiger partial charge < -0.3 is 5.73 Å². The summed E-state index contributed by atoms with van der Waals surface area (Å²) in [5.41, 5.74) is 10.6. The van der Waals surface area contributed by atoms with E-state index >= 15 is 0 Å². The minimum Gasteiger partial charge on any atom is -0.324 e. The van der Waals surface area contributed by atoms with E-state index in [2.05, 4.69) is 6.92 Å². The van der Waals surface area contributed by atoms with Gasteiger partial charge in [0, 0.05) is 11.6 Å². The molecule has 0 aliphatic heterocycles. The zero-order valence-corrected chi connectivity index (χ0v) is 11.7. The van der Waals surface area contributed by atoms with E-state index in [1.807, 2.05) is 44.2 Å². The zero-order valence-electron chi connectivity index (χ0n) is 11.7. The van der Waals surface area contributed by atoms with Gasteiger partial charge in [-0.2, -0.15) is 0 Å². The Morgan fingerprint density at radius 1 is 1.16 bits per heavy atom. The van der Waals surface area contributed by atoms with E-state index in [1.54, 1.807) is 6.07 Å². The summed E-state index contributed by atoms with van der Waals surface area (Å²) >= 11 is 0. The molecule has 2 rings (SSSR count). The van der Waals surface area contributed by atoms with Crippen molar-refractivity contribution in [2.24, 2.45) is 5.73 Å². The number of hydrogen-bond donors (Lipinski definition) is 1. The minimum absolute atomic E-state index is 0.00812. The highest BCUT2D eigenvalue weighted by molar-refractivity contribution is 5.69. The molecule has 2 aromatic rings. The summed E-state index contributed by atoms with van der Waals surface area (Å²) in [6, 6.07) is 11.5. The molecule has 0 aromatic heterocycles. The van der Waals surface area contributed by atoms with E-state index in [0.29, 0.717) is 5.56 Å². The molecule has 2 N–H and O–H groups in total. The minimum atomic E-state index is -0.167. The molecular weight excluding hydrogens is 237 g/mol. The van der Waals surface area contributed by atoms with Crippen molar-refractivity contribution in [3.63, 3.8) is 0 Å². The van der Waals surface area contributed by atoms with Gasteiger partial charge in [0.1, 0.15) is 5.82 Å². The molecule has 100 valence electrons. The Kier molecular flexibility index (Phi) is 4.01. The van der Waals surface area contributed by atoms with Gasteiger partial charge in [-0.1, -0.05) is 31.2 Å². The molecule has 0 heterocycles. The molecule has 1 unspecified atom stereocenters. The monoisotopic (exact) mass is 257 g/mol. The first-order chi connectivity index (χ1) is 9.02. The first kappa shape index (κ1) is 13.8. The van der Waals surface area contributed by atoms with Crippen LogP contribution in [0.2, 0.25) is 0 Å². The average molecular weight is 257 g/mol. The number of hydrogen-bond acceptors (Lipinski definition) is 1. The maximum Gasteiger partial charge on any atom is 0.131 e. The lowest BCUT2D eigenvalue weighted by Crippen LogP contribution is -2.08. The highest BCUT2D eigenvalue weighted by Crippen LogP contribution is 2.29. The van der Waals surface area contributed by atoms with Gasteiger partial charge in [0.2, 0.25) is 0 Å². The van der Waals surface area contributed by atoms with Crippen LogP contribution in [0.25, 0.3) is 11.1 Å². The van der Waals surface area contributed by atoms with Crippen molar-refractivity contribution in [2.45, 2.75) is 33.2 Å². The van der Waals surface area contributed by atoms with Gasteiger partial charge in [-0.3, -0.25) is 0 Å². The topological polar surface area (TPSA) is 26.0 Å². The quantitative estimate of drug-likeness (QED) is 0.859. The van der Waals surface area contributed by atoms with Gasteiger partial charge in [-0.15, -0.1) is 0 Å². The molecule has 0 saturated heterocycles. The number of aryl methyl sites for hydroxylation is 2. The largest absolute Gasteiger partial charge is 0.324 e. The maximum atomic E-state index is 14.2. The molecule has 0 fully saturated rings. The molecule has 0 aliphatic carbocycles. The van der Waals surface area contributed by atoms with Crippen LogP contribution >= 0.6 is 0 Å². The van der Waals surface area contributed by atoms with Crippen LogP contribution in [0, 0.1) is 19.7 Å². The lowest BCUT2D eigenvalue weighted by atomic mass is 9.94. The molecule has 0 amide bonds. The standard InChI is InChI=1S/C17H20FN/c1-4-16(19)13-6-5-7-14(10-13)17-12(3)8-11(2)9-15(17)18/h5-10,16H,4,19H2,1-3H3. The Balaban J connectivity index is 2.54. The number of nitrogens with two attached hydrogens (primary N) is 1. The van der Waals surface area contributed by atoms with E-state index in [0.717, 1.165) is 28.7 Å². The lowest BCUT2D eigenvalue weighted by molar-refractivity contribution is 0.629. The van der Waals surface area contributed by atoms with Crippen LogP contribution in [0.3, 0.4) is 0 Å². The van der Waals surface area contributed by atoms with Gasteiger partial charge in [-0.25, -0.2) is 4.39 Å². The predicted molar refractivity (Wildman–Crippen MR) is 78.5 cm³/mol. The smallest absolute Gasteiger partial charge is 0.131 e. The third-order valence-corrected chi connectivity index (χ3v) is 3.48. The maximum absolute atomic E-state index is 14.2. The molecule has 0 aliphatic rings. The van der Waals surface area contributed by atoms with E-state index in [-0.39, 0.29) is 11.9 Å². The summed E-state index contributed by atoms with van der Waals surface area (Å²) in [5.74, 6) is -0.167. The van der Waals surface area contributed by atoms with Crippen molar-refractivity contribution in [1.82, 2.24) is 0 Å². The molecule has 0 radical (unpaired) electrons. The molecule has 0 saturated carbocycles. The average Bonchev–Trinajstić information content (AvgIpc) is 2.37. The van der Waals surface area contributed by atoms with E-state index < -0.39 is 0 Å². The second-order valence-corrected chi connectivity index (χ2v) is 5.08. The zero-order chi connectivity index (χ0) is 14.0. The molecule has 19 heavy (non-hydrogen) atoms. The molecule has 0 spiro atoms. The Morgan fingerprint density at radius 2 is 1.89 bits per heavy atom. The van der Waals surface area contributed by atoms with Crippen LogP contribution in [0.5, 0.6) is 0 Å². The molecule has 2 aromatic carbocycles. The van der Waals surface area contributed by atoms with Crippen molar-refractivity contribution in [2.75, 3.05) is 0 Å². The van der Waals surface area contributed by atoms with Crippen molar-refractivity contribution >= 4 is 0 Å². The van der Waals surface area contributed by atoms with Crippen LogP contribution in [0.1, 0.15) is 36.1 Å². The second kappa shape index (κ2) is 5.54. The van der Waals surface area contributed by atoms with E-state index in [9.17, 15) is 4.39 Å². The third kappa shape index (κ3) is 2.85. The van der Waals surface area contributed by atoms with Crippen molar-refractivity contribution in [3.05, 3.63) is 58.9 Å². The summed E-state index contributed by atoms with van der Waals surface area (Å²) < 4.78 is 14.2. The fraction of sp³-hybridized carbons (Fsp3) is 0.294. The van der Waals surface area contributed by atoms with Gasteiger partial charge >= 0.3 is 0 Å². The Labute approximate surface area is 114 Å². The molecule has 1 nitrogen and oxygen atoms in total. The fourth-order valence-corrected chi connectivity index (χ4v) is 2.44. The fourth-order valence-electron chi connectivity index (χ4n) is 2.44. The Morgan fingerprint density at radius 3 is 2.53 bits per heavy atom. The number of rotatable bonds is 3. The predicted octanol–water partition coefficient (Wildman–Crippen LogP) is 4.52. The van der Waals surface area contributed by atoms with Gasteiger partial charge in [0.15, 0.2) is 0 Å². The van der Waals surface area contributed by atoms with Crippen molar-refractivity contribution in [1.29, 1.82) is 0 Å². The first-order valence-electron chi connectivity index (χ1n) is 6.65. The van der Waals surface area contributed by atoms with Gasteiger partial charge in [-0.05, 0) is 54.7 Å². The van der Waals surface area contributed by atoms with Crippen LogP contribution < -0.4 is 5.73 Å². The lowest BCUT2D eigenvalue weighted by Gasteiger charge is -2.13. The first-order valence-corrected chi connectivity index (χ1v) is 6.65. The third-order valence-electron chi connectivity index (χ3n) is 3.48. The summed E-state index contributed by atoms with van der Waals surface area (Å²) in [5, 5.41) is 0. The SMILES string of the molecule is CCC(N)c1cccc(-c2c(C)cc(C)cc2F)c1. The molecule has 2 heteroatoms. The highest BCUT2D eigenvalue weighted by atomic mass is 19.1. The van der Waals surface area contributed by atoms with Gasteiger partial charge in [0.05, 0.1) is 0 Å². The Hall–Kier alpha value is -1.67. The highest BCUT2D eigenvalue weighted by Gasteiger charge is 2.11. The summed E-state index contributed by atoms with van der Waals surface area (Å²) in [4.78, 5) is 0. The van der Waals surface area contributed by atoms with Crippen LogP contribution in [-0.4, -0.2) is 0 Å². The van der Waals surface area contributed by atoms with Crippen LogP contribution in [0.15, 0.2) is 36.4 Å². The van der Waals surface area contributed by atoms with Gasteiger partial charge in [0.25, 0.3) is 0 Å². The van der Waals surface area contributed by atoms with Crippen molar-refractivity contribution < 1.29 is 4.39 Å². The summed E-state index contributed by atoms with van der Waals surface area (Å²) in [7, 11) is 0. The normalized spacial score (nSPS) is 12.5. The summed E-state index contributed by atoms with van der Waals surface area (Å²) in [6.07, 6.45) is 0.874.